The highest BCUT2D eigenvalue weighted by Crippen LogP contribution is 2.73. The molecular formula is C17H20N2O. The summed E-state index contributed by atoms with van der Waals surface area (Å²) in [6.07, 6.45) is 4.57. The molecule has 3 aliphatic rings. The maximum atomic E-state index is 12.0. The standard InChI is InChI=1S/C17H20N2O/c1-15(2)16(11-20)13-9-6-10-14(13)17(15,19-18-16)12-7-4-3-5-8-12/h3-5,7-8,11,13-14H,6,9-10H2,1-2H3/t13-,14+,16-,17+/m0/s1. The lowest BCUT2D eigenvalue weighted by atomic mass is 9.63. The Morgan fingerprint density at radius 3 is 2.50 bits per heavy atom. The number of azo groups is 1. The Labute approximate surface area is 119 Å². The smallest absolute Gasteiger partial charge is 0.150 e. The topological polar surface area (TPSA) is 41.8 Å². The van der Waals surface area contributed by atoms with E-state index in [0.717, 1.165) is 19.1 Å². The lowest BCUT2D eigenvalue weighted by molar-refractivity contribution is -0.116. The Morgan fingerprint density at radius 1 is 1.10 bits per heavy atom. The molecule has 0 aromatic heterocycles. The predicted octanol–water partition coefficient (Wildman–Crippen LogP) is 3.74. The summed E-state index contributed by atoms with van der Waals surface area (Å²) < 4.78 is 0. The Bertz CT molecular complexity index is 594. The zero-order valence-electron chi connectivity index (χ0n) is 12.0. The number of hydrogen-bond acceptors (Lipinski definition) is 3. The molecule has 1 aliphatic heterocycles. The first-order chi connectivity index (χ1) is 9.60. The highest BCUT2D eigenvalue weighted by molar-refractivity contribution is 5.71. The first-order valence-corrected chi connectivity index (χ1v) is 7.56. The van der Waals surface area contributed by atoms with Crippen LogP contribution in [0, 0.1) is 17.3 Å². The number of fused-ring (bicyclic) bond motifs is 5. The molecule has 1 aromatic rings. The average molecular weight is 268 g/mol. The van der Waals surface area contributed by atoms with Crippen LogP contribution in [0.25, 0.3) is 0 Å². The molecule has 104 valence electrons. The molecule has 0 saturated heterocycles. The first-order valence-electron chi connectivity index (χ1n) is 7.56. The van der Waals surface area contributed by atoms with Crippen molar-refractivity contribution in [1.82, 2.24) is 0 Å². The number of aldehydes is 1. The van der Waals surface area contributed by atoms with Gasteiger partial charge in [-0.2, -0.15) is 10.2 Å². The maximum absolute atomic E-state index is 12.0. The van der Waals surface area contributed by atoms with Gasteiger partial charge in [0.25, 0.3) is 0 Å². The quantitative estimate of drug-likeness (QED) is 0.753. The van der Waals surface area contributed by atoms with Gasteiger partial charge >= 0.3 is 0 Å². The minimum absolute atomic E-state index is 0.237. The van der Waals surface area contributed by atoms with Gasteiger partial charge in [0.15, 0.2) is 0 Å². The maximum Gasteiger partial charge on any atom is 0.150 e. The zero-order valence-corrected chi connectivity index (χ0v) is 12.0. The molecule has 0 spiro atoms. The molecule has 0 radical (unpaired) electrons. The Morgan fingerprint density at radius 2 is 1.80 bits per heavy atom. The van der Waals surface area contributed by atoms with E-state index >= 15 is 0 Å². The van der Waals surface area contributed by atoms with Crippen LogP contribution in [0.15, 0.2) is 40.6 Å². The van der Waals surface area contributed by atoms with Crippen LogP contribution in [-0.2, 0) is 10.3 Å². The lowest BCUT2D eigenvalue weighted by Crippen LogP contribution is -2.47. The molecule has 2 bridgehead atoms. The number of benzene rings is 1. The third-order valence-corrected chi connectivity index (χ3v) is 6.34. The molecule has 1 heterocycles. The summed E-state index contributed by atoms with van der Waals surface area (Å²) in [6.45, 7) is 4.37. The summed E-state index contributed by atoms with van der Waals surface area (Å²) >= 11 is 0. The van der Waals surface area contributed by atoms with E-state index in [1.165, 1.54) is 12.0 Å². The molecule has 3 heteroatoms. The third kappa shape index (κ3) is 1.01. The Hall–Kier alpha value is -1.51. The van der Waals surface area contributed by atoms with E-state index in [2.05, 4.69) is 43.2 Å². The summed E-state index contributed by atoms with van der Waals surface area (Å²) in [4.78, 5) is 12.0. The van der Waals surface area contributed by atoms with Crippen molar-refractivity contribution < 1.29 is 4.79 Å². The molecule has 2 saturated carbocycles. The summed E-state index contributed by atoms with van der Waals surface area (Å²) in [5.74, 6) is 0.829. The van der Waals surface area contributed by atoms with E-state index in [9.17, 15) is 4.79 Å². The third-order valence-electron chi connectivity index (χ3n) is 6.34. The second-order valence-corrected chi connectivity index (χ2v) is 7.04. The lowest BCUT2D eigenvalue weighted by Gasteiger charge is -2.39. The number of rotatable bonds is 2. The largest absolute Gasteiger partial charge is 0.301 e. The van der Waals surface area contributed by atoms with E-state index in [-0.39, 0.29) is 11.0 Å². The second-order valence-electron chi connectivity index (χ2n) is 7.04. The average Bonchev–Trinajstić information content (AvgIpc) is 3.07. The van der Waals surface area contributed by atoms with E-state index in [1.54, 1.807) is 0 Å². The fourth-order valence-electron chi connectivity index (χ4n) is 5.36. The van der Waals surface area contributed by atoms with Crippen LogP contribution >= 0.6 is 0 Å². The van der Waals surface area contributed by atoms with Gasteiger partial charge in [-0.25, -0.2) is 0 Å². The van der Waals surface area contributed by atoms with Crippen molar-refractivity contribution in [2.45, 2.75) is 44.2 Å². The number of carbonyl (C=O) groups is 1. The molecule has 2 fully saturated rings. The summed E-state index contributed by atoms with van der Waals surface area (Å²) in [6, 6.07) is 10.5. The van der Waals surface area contributed by atoms with Crippen LogP contribution in [0.1, 0.15) is 38.7 Å². The van der Waals surface area contributed by atoms with Gasteiger partial charge in [0, 0.05) is 5.41 Å². The van der Waals surface area contributed by atoms with E-state index < -0.39 is 5.54 Å². The fraction of sp³-hybridized carbons (Fsp3) is 0.588. The molecule has 3 nitrogen and oxygen atoms in total. The highest BCUT2D eigenvalue weighted by atomic mass is 16.1. The van der Waals surface area contributed by atoms with Crippen molar-refractivity contribution in [3.63, 3.8) is 0 Å². The normalized spacial score (nSPS) is 43.7. The van der Waals surface area contributed by atoms with Gasteiger partial charge in [-0.15, -0.1) is 0 Å². The van der Waals surface area contributed by atoms with Crippen molar-refractivity contribution >= 4 is 6.29 Å². The molecule has 1 aromatic carbocycles. The van der Waals surface area contributed by atoms with Gasteiger partial charge in [-0.3, -0.25) is 0 Å². The van der Waals surface area contributed by atoms with Crippen molar-refractivity contribution in [2.24, 2.45) is 27.5 Å². The Balaban J connectivity index is 2.00. The van der Waals surface area contributed by atoms with Crippen LogP contribution in [0.3, 0.4) is 0 Å². The van der Waals surface area contributed by atoms with Crippen LogP contribution in [0.2, 0.25) is 0 Å². The fourth-order valence-corrected chi connectivity index (χ4v) is 5.36. The van der Waals surface area contributed by atoms with Gasteiger partial charge in [0.2, 0.25) is 0 Å². The minimum atomic E-state index is -0.607. The van der Waals surface area contributed by atoms with Crippen molar-refractivity contribution in [3.8, 4) is 0 Å². The minimum Gasteiger partial charge on any atom is -0.301 e. The van der Waals surface area contributed by atoms with E-state index in [4.69, 9.17) is 5.11 Å². The zero-order chi connectivity index (χ0) is 14.0. The summed E-state index contributed by atoms with van der Waals surface area (Å²) in [5, 5.41) is 9.29. The molecular weight excluding hydrogens is 248 g/mol. The van der Waals surface area contributed by atoms with Gasteiger partial charge in [-0.1, -0.05) is 50.6 Å². The second kappa shape index (κ2) is 3.57. The van der Waals surface area contributed by atoms with Crippen molar-refractivity contribution in [1.29, 1.82) is 0 Å². The molecule has 0 amide bonds. The first kappa shape index (κ1) is 12.2. The van der Waals surface area contributed by atoms with Crippen molar-refractivity contribution in [2.75, 3.05) is 0 Å². The van der Waals surface area contributed by atoms with Crippen LogP contribution in [0.4, 0.5) is 0 Å². The molecule has 4 atom stereocenters. The SMILES string of the molecule is CC1(C)[C@@]2(C=O)N=N[C@]1(c1ccccc1)[C@@H]1CCC[C@@H]12. The van der Waals surface area contributed by atoms with E-state index in [1.807, 2.05) is 6.07 Å². The highest BCUT2D eigenvalue weighted by Gasteiger charge is 2.77. The van der Waals surface area contributed by atoms with Crippen LogP contribution < -0.4 is 0 Å². The Kier molecular flexibility index (Phi) is 2.19. The van der Waals surface area contributed by atoms with Crippen molar-refractivity contribution in [3.05, 3.63) is 35.9 Å². The molecule has 0 unspecified atom stereocenters. The van der Waals surface area contributed by atoms with Gasteiger partial charge in [0.1, 0.15) is 17.4 Å². The van der Waals surface area contributed by atoms with Crippen LogP contribution in [-0.4, -0.2) is 11.8 Å². The van der Waals surface area contributed by atoms with Crippen LogP contribution in [0.5, 0.6) is 0 Å². The number of nitrogens with zero attached hydrogens (tertiary/aromatic N) is 2. The molecule has 20 heavy (non-hydrogen) atoms. The summed E-state index contributed by atoms with van der Waals surface area (Å²) in [5.41, 5.74) is 0.0750. The molecule has 4 rings (SSSR count). The number of hydrogen-bond donors (Lipinski definition) is 0. The van der Waals surface area contributed by atoms with Gasteiger partial charge in [-0.05, 0) is 30.2 Å². The van der Waals surface area contributed by atoms with E-state index in [0.29, 0.717) is 11.8 Å². The van der Waals surface area contributed by atoms with Gasteiger partial charge < -0.3 is 4.79 Å². The predicted molar refractivity (Wildman–Crippen MR) is 76.4 cm³/mol. The summed E-state index contributed by atoms with van der Waals surface area (Å²) in [7, 11) is 0. The molecule has 2 aliphatic carbocycles. The molecule has 0 N–H and O–H groups in total. The monoisotopic (exact) mass is 268 g/mol. The number of carbonyl (C=O) groups excluding carboxylic acids is 1. The van der Waals surface area contributed by atoms with Gasteiger partial charge in [0.05, 0.1) is 0 Å².